The van der Waals surface area contributed by atoms with Gasteiger partial charge in [0.1, 0.15) is 5.54 Å². The van der Waals surface area contributed by atoms with Gasteiger partial charge in [-0.15, -0.1) is 0 Å². The second kappa shape index (κ2) is 7.32. The minimum absolute atomic E-state index is 0.268. The summed E-state index contributed by atoms with van der Waals surface area (Å²) in [5, 5.41) is 2.66. The molecule has 3 amide bonds. The van der Waals surface area contributed by atoms with Crippen LogP contribution in [-0.4, -0.2) is 50.9 Å². The van der Waals surface area contributed by atoms with Crippen LogP contribution >= 0.6 is 0 Å². The molecule has 1 N–H and O–H groups in total. The van der Waals surface area contributed by atoms with Crippen molar-refractivity contribution in [2.24, 2.45) is 0 Å². The van der Waals surface area contributed by atoms with Gasteiger partial charge >= 0.3 is 6.03 Å². The summed E-state index contributed by atoms with van der Waals surface area (Å²) in [6.45, 7) is 1.19. The fourth-order valence-electron chi connectivity index (χ4n) is 3.09. The summed E-state index contributed by atoms with van der Waals surface area (Å²) in [6.07, 6.45) is 1.08. The maximum absolute atomic E-state index is 12.9. The number of imide groups is 1. The van der Waals surface area contributed by atoms with Crippen LogP contribution in [0.4, 0.5) is 10.5 Å². The SMILES string of the molecule is CN(c1ccc(C(=O)CN2C(=O)N[C@](C)(c3ccccc3)C2=O)cc1)S(C)(=O)=O. The normalized spacial score (nSPS) is 19.2. The number of rotatable bonds is 6. The fourth-order valence-corrected chi connectivity index (χ4v) is 3.60. The Morgan fingerprint density at radius 2 is 1.66 bits per heavy atom. The van der Waals surface area contributed by atoms with Crippen LogP contribution < -0.4 is 9.62 Å². The summed E-state index contributed by atoms with van der Waals surface area (Å²) in [7, 11) is -2.01. The fraction of sp³-hybridized carbons (Fsp3) is 0.250. The van der Waals surface area contributed by atoms with E-state index in [9.17, 15) is 22.8 Å². The number of hydrogen-bond acceptors (Lipinski definition) is 5. The molecule has 1 aliphatic rings. The van der Waals surface area contributed by atoms with Gasteiger partial charge in [-0.25, -0.2) is 13.2 Å². The zero-order valence-electron chi connectivity index (χ0n) is 16.2. The third-order valence-corrected chi connectivity index (χ3v) is 6.18. The minimum atomic E-state index is -3.42. The van der Waals surface area contributed by atoms with E-state index in [4.69, 9.17) is 0 Å². The highest BCUT2D eigenvalue weighted by Crippen LogP contribution is 2.28. The van der Waals surface area contributed by atoms with Gasteiger partial charge in [0.15, 0.2) is 5.78 Å². The Morgan fingerprint density at radius 1 is 1.07 bits per heavy atom. The summed E-state index contributed by atoms with van der Waals surface area (Å²) in [5.74, 6) is -0.935. The van der Waals surface area contributed by atoms with Gasteiger partial charge < -0.3 is 5.32 Å². The molecule has 3 rings (SSSR count). The number of carbonyl (C=O) groups excluding carboxylic acids is 3. The predicted octanol–water partition coefficient (Wildman–Crippen LogP) is 1.73. The molecule has 1 aliphatic heterocycles. The van der Waals surface area contributed by atoms with E-state index in [0.29, 0.717) is 11.3 Å². The molecule has 0 radical (unpaired) electrons. The van der Waals surface area contributed by atoms with Crippen molar-refractivity contribution < 1.29 is 22.8 Å². The molecule has 0 aromatic heterocycles. The van der Waals surface area contributed by atoms with Crippen molar-refractivity contribution in [3.8, 4) is 0 Å². The average molecular weight is 415 g/mol. The standard InChI is InChI=1S/C20H21N3O5S/c1-20(15-7-5-4-6-8-15)18(25)23(19(26)21-20)13-17(24)14-9-11-16(12-10-14)22(2)29(3,27)28/h4-12H,13H2,1-3H3,(H,21,26)/t20-/m1/s1. The van der Waals surface area contributed by atoms with Crippen molar-refractivity contribution >= 4 is 33.4 Å². The van der Waals surface area contributed by atoms with Crippen molar-refractivity contribution in [2.75, 3.05) is 24.2 Å². The van der Waals surface area contributed by atoms with E-state index in [2.05, 4.69) is 5.32 Å². The number of carbonyl (C=O) groups is 3. The first-order valence-electron chi connectivity index (χ1n) is 8.81. The molecule has 0 unspecified atom stereocenters. The number of nitrogens with zero attached hydrogens (tertiary/aromatic N) is 2. The molecular formula is C20H21N3O5S. The Kier molecular flexibility index (Phi) is 5.18. The van der Waals surface area contributed by atoms with Gasteiger partial charge in [-0.05, 0) is 36.8 Å². The number of urea groups is 1. The summed E-state index contributed by atoms with van der Waals surface area (Å²) in [6, 6.07) is 14.1. The number of hydrogen-bond donors (Lipinski definition) is 1. The van der Waals surface area contributed by atoms with E-state index < -0.39 is 39.8 Å². The molecule has 1 atom stereocenters. The van der Waals surface area contributed by atoms with Crippen LogP contribution in [0.15, 0.2) is 54.6 Å². The smallest absolute Gasteiger partial charge is 0.319 e. The lowest BCUT2D eigenvalue weighted by Crippen LogP contribution is -2.41. The van der Waals surface area contributed by atoms with Crippen LogP contribution in [0.25, 0.3) is 0 Å². The van der Waals surface area contributed by atoms with Gasteiger partial charge in [0.25, 0.3) is 5.91 Å². The zero-order valence-corrected chi connectivity index (χ0v) is 17.1. The zero-order chi connectivity index (χ0) is 21.4. The van der Waals surface area contributed by atoms with Crippen LogP contribution in [0, 0.1) is 0 Å². The molecule has 0 saturated carbocycles. The highest BCUT2D eigenvalue weighted by Gasteiger charge is 2.49. The minimum Gasteiger partial charge on any atom is -0.319 e. The molecule has 0 bridgehead atoms. The second-order valence-electron chi connectivity index (χ2n) is 7.01. The summed E-state index contributed by atoms with van der Waals surface area (Å²) in [4.78, 5) is 38.7. The Bertz CT molecular complexity index is 1070. The van der Waals surface area contributed by atoms with Gasteiger partial charge in [-0.2, -0.15) is 0 Å². The number of sulfonamides is 1. The highest BCUT2D eigenvalue weighted by atomic mass is 32.2. The highest BCUT2D eigenvalue weighted by molar-refractivity contribution is 7.92. The third kappa shape index (κ3) is 3.86. The Hall–Kier alpha value is -3.20. The van der Waals surface area contributed by atoms with Crippen LogP contribution in [0.5, 0.6) is 0 Å². The van der Waals surface area contributed by atoms with Crippen molar-refractivity contribution in [1.29, 1.82) is 0 Å². The van der Waals surface area contributed by atoms with Crippen molar-refractivity contribution in [2.45, 2.75) is 12.5 Å². The largest absolute Gasteiger partial charge is 0.325 e. The predicted molar refractivity (Wildman–Crippen MR) is 108 cm³/mol. The first-order valence-corrected chi connectivity index (χ1v) is 10.7. The lowest BCUT2D eigenvalue weighted by molar-refractivity contribution is -0.130. The van der Waals surface area contributed by atoms with E-state index in [1.165, 1.54) is 31.3 Å². The Labute approximate surface area is 169 Å². The van der Waals surface area contributed by atoms with E-state index in [-0.39, 0.29) is 5.56 Å². The number of Topliss-reactive ketones (excluding diaryl/α,β-unsaturated/α-hetero) is 1. The number of amides is 3. The number of anilines is 1. The van der Waals surface area contributed by atoms with Gasteiger partial charge in [-0.1, -0.05) is 30.3 Å². The topological polar surface area (TPSA) is 104 Å². The van der Waals surface area contributed by atoms with Crippen molar-refractivity contribution in [3.63, 3.8) is 0 Å². The van der Waals surface area contributed by atoms with E-state index in [1.807, 2.05) is 0 Å². The quantitative estimate of drug-likeness (QED) is 0.572. The van der Waals surface area contributed by atoms with Crippen molar-refractivity contribution in [3.05, 3.63) is 65.7 Å². The van der Waals surface area contributed by atoms with Gasteiger partial charge in [0.05, 0.1) is 18.5 Å². The maximum atomic E-state index is 12.9. The monoisotopic (exact) mass is 415 g/mol. The van der Waals surface area contributed by atoms with Crippen LogP contribution in [0.3, 0.4) is 0 Å². The summed E-state index contributed by atoms with van der Waals surface area (Å²) < 4.78 is 24.3. The molecular weight excluding hydrogens is 394 g/mol. The lowest BCUT2D eigenvalue weighted by Gasteiger charge is -2.22. The number of benzene rings is 2. The average Bonchev–Trinajstić information content (AvgIpc) is 2.91. The van der Waals surface area contributed by atoms with Crippen LogP contribution in [0.1, 0.15) is 22.8 Å². The number of nitrogens with one attached hydrogen (secondary N) is 1. The first kappa shape index (κ1) is 20.5. The molecule has 8 nitrogen and oxygen atoms in total. The molecule has 2 aromatic rings. The lowest BCUT2D eigenvalue weighted by atomic mass is 9.92. The van der Waals surface area contributed by atoms with Crippen LogP contribution in [0.2, 0.25) is 0 Å². The Morgan fingerprint density at radius 3 is 2.21 bits per heavy atom. The summed E-state index contributed by atoms with van der Waals surface area (Å²) >= 11 is 0. The molecule has 2 aromatic carbocycles. The molecule has 1 heterocycles. The van der Waals surface area contributed by atoms with E-state index in [0.717, 1.165) is 15.5 Å². The second-order valence-corrected chi connectivity index (χ2v) is 9.03. The molecule has 1 fully saturated rings. The summed E-state index contributed by atoms with van der Waals surface area (Å²) in [5.41, 5.74) is 0.0578. The Balaban J connectivity index is 1.77. The number of ketones is 1. The van der Waals surface area contributed by atoms with Gasteiger partial charge in [0.2, 0.25) is 10.0 Å². The molecule has 152 valence electrons. The van der Waals surface area contributed by atoms with Crippen LogP contribution in [-0.2, 0) is 20.4 Å². The van der Waals surface area contributed by atoms with E-state index in [1.54, 1.807) is 37.3 Å². The molecule has 1 saturated heterocycles. The van der Waals surface area contributed by atoms with Gasteiger partial charge in [0, 0.05) is 12.6 Å². The molecule has 29 heavy (non-hydrogen) atoms. The molecule has 0 aliphatic carbocycles. The molecule has 0 spiro atoms. The molecule has 9 heteroatoms. The van der Waals surface area contributed by atoms with E-state index >= 15 is 0 Å². The van der Waals surface area contributed by atoms with Crippen molar-refractivity contribution in [1.82, 2.24) is 10.2 Å². The maximum Gasteiger partial charge on any atom is 0.325 e. The third-order valence-electron chi connectivity index (χ3n) is 4.98. The first-order chi connectivity index (χ1) is 13.5. The van der Waals surface area contributed by atoms with Gasteiger partial charge in [-0.3, -0.25) is 18.8 Å².